The zero-order chi connectivity index (χ0) is 11.4. The van der Waals surface area contributed by atoms with E-state index in [1.165, 1.54) is 11.5 Å². The summed E-state index contributed by atoms with van der Waals surface area (Å²) in [6.45, 7) is 2.98. The lowest BCUT2D eigenvalue weighted by Gasteiger charge is -2.09. The van der Waals surface area contributed by atoms with E-state index in [-0.39, 0.29) is 0 Å². The summed E-state index contributed by atoms with van der Waals surface area (Å²) in [6.07, 6.45) is 1.05. The first-order valence-electron chi connectivity index (χ1n) is 5.06. The molecule has 0 aliphatic rings. The Labute approximate surface area is 103 Å². The van der Waals surface area contributed by atoms with Crippen LogP contribution < -0.4 is 10.6 Å². The molecule has 6 heteroatoms. The first-order valence-corrected chi connectivity index (χ1v) is 6.24. The van der Waals surface area contributed by atoms with Gasteiger partial charge >= 0.3 is 0 Å². The van der Waals surface area contributed by atoms with Gasteiger partial charge in [-0.3, -0.25) is 0 Å². The van der Waals surface area contributed by atoms with Crippen molar-refractivity contribution in [3.05, 3.63) is 18.2 Å². The molecule has 1 aromatic heterocycles. The van der Waals surface area contributed by atoms with E-state index in [1.807, 2.05) is 18.2 Å². The van der Waals surface area contributed by atoms with E-state index in [2.05, 4.69) is 27.1 Å². The summed E-state index contributed by atoms with van der Waals surface area (Å²) in [4.78, 5) is 0. The van der Waals surface area contributed by atoms with E-state index >= 15 is 0 Å². The summed E-state index contributed by atoms with van der Waals surface area (Å²) in [7, 11) is 0. The van der Waals surface area contributed by atoms with E-state index in [1.54, 1.807) is 0 Å². The van der Waals surface area contributed by atoms with Crippen molar-refractivity contribution in [1.29, 1.82) is 0 Å². The number of rotatable bonds is 3. The summed E-state index contributed by atoms with van der Waals surface area (Å²) in [5.74, 6) is 0. The second kappa shape index (κ2) is 5.18. The lowest BCUT2D eigenvalue weighted by Crippen LogP contribution is -2.28. The Morgan fingerprint density at radius 2 is 2.38 bits per heavy atom. The normalized spacial score (nSPS) is 10.3. The van der Waals surface area contributed by atoms with Crippen LogP contribution in [0, 0.1) is 0 Å². The Morgan fingerprint density at radius 1 is 1.50 bits per heavy atom. The molecule has 0 saturated carbocycles. The minimum atomic E-state index is 0.643. The topological polar surface area (TPSA) is 49.8 Å². The van der Waals surface area contributed by atoms with E-state index in [0.717, 1.165) is 28.9 Å². The predicted octanol–water partition coefficient (Wildman–Crippen LogP) is 2.39. The van der Waals surface area contributed by atoms with Gasteiger partial charge in [0, 0.05) is 12.2 Å². The highest BCUT2D eigenvalue weighted by atomic mass is 32.1. The van der Waals surface area contributed by atoms with Gasteiger partial charge in [-0.15, -0.1) is 5.10 Å². The fourth-order valence-corrected chi connectivity index (χ4v) is 2.03. The Bertz CT molecular complexity index is 494. The Kier molecular flexibility index (Phi) is 3.63. The van der Waals surface area contributed by atoms with Crippen LogP contribution >= 0.6 is 23.8 Å². The molecule has 0 aliphatic carbocycles. The molecule has 84 valence electrons. The smallest absolute Gasteiger partial charge is 0.170 e. The van der Waals surface area contributed by atoms with Crippen molar-refractivity contribution in [2.75, 3.05) is 11.9 Å². The molecule has 1 heterocycles. The molecule has 0 amide bonds. The Morgan fingerprint density at radius 3 is 3.19 bits per heavy atom. The quantitative estimate of drug-likeness (QED) is 0.821. The molecule has 0 fully saturated rings. The lowest BCUT2D eigenvalue weighted by molar-refractivity contribution is 0.846. The van der Waals surface area contributed by atoms with E-state index in [4.69, 9.17) is 12.2 Å². The molecule has 1 aromatic carbocycles. The molecule has 16 heavy (non-hydrogen) atoms. The van der Waals surface area contributed by atoms with Gasteiger partial charge in [-0.05, 0) is 48.4 Å². The van der Waals surface area contributed by atoms with Gasteiger partial charge < -0.3 is 10.6 Å². The Balaban J connectivity index is 2.06. The van der Waals surface area contributed by atoms with Crippen LogP contribution in [0.2, 0.25) is 0 Å². The first-order chi connectivity index (χ1) is 7.79. The average Bonchev–Trinajstić information content (AvgIpc) is 2.73. The van der Waals surface area contributed by atoms with Crippen LogP contribution in [0.3, 0.4) is 0 Å². The standard InChI is InChI=1S/C10H12N4S2/c1-2-5-11-10(15)12-7-3-4-9-8(6-7)13-14-16-9/h3-4,6H,2,5H2,1H3,(H2,11,12,15). The number of hydrogen-bond donors (Lipinski definition) is 2. The van der Waals surface area contributed by atoms with Crippen LogP contribution in [0.15, 0.2) is 18.2 Å². The molecule has 0 radical (unpaired) electrons. The molecule has 2 aromatic rings. The van der Waals surface area contributed by atoms with Crippen LogP contribution in [0.25, 0.3) is 10.2 Å². The fourth-order valence-electron chi connectivity index (χ4n) is 1.27. The maximum absolute atomic E-state index is 5.15. The third kappa shape index (κ3) is 2.65. The summed E-state index contributed by atoms with van der Waals surface area (Å²) in [6, 6.07) is 5.91. The van der Waals surface area contributed by atoms with Gasteiger partial charge in [-0.2, -0.15) is 0 Å². The molecule has 0 saturated heterocycles. The number of fused-ring (bicyclic) bond motifs is 1. The van der Waals surface area contributed by atoms with Gasteiger partial charge in [0.25, 0.3) is 0 Å². The SMILES string of the molecule is CCCNC(=S)Nc1ccc2snnc2c1. The largest absolute Gasteiger partial charge is 0.362 e. The van der Waals surface area contributed by atoms with Gasteiger partial charge in [0.1, 0.15) is 5.52 Å². The van der Waals surface area contributed by atoms with Crippen molar-refractivity contribution in [2.45, 2.75) is 13.3 Å². The van der Waals surface area contributed by atoms with Crippen LogP contribution in [0.1, 0.15) is 13.3 Å². The number of benzene rings is 1. The van der Waals surface area contributed by atoms with Gasteiger partial charge in [0.05, 0.1) is 4.70 Å². The van der Waals surface area contributed by atoms with Gasteiger partial charge in [-0.25, -0.2) is 0 Å². The molecule has 0 spiro atoms. The maximum Gasteiger partial charge on any atom is 0.170 e. The summed E-state index contributed by atoms with van der Waals surface area (Å²) in [5.41, 5.74) is 1.84. The molecule has 0 atom stereocenters. The monoisotopic (exact) mass is 252 g/mol. The summed E-state index contributed by atoms with van der Waals surface area (Å²) in [5, 5.41) is 10.9. The second-order valence-corrected chi connectivity index (χ2v) is 4.53. The predicted molar refractivity (Wildman–Crippen MR) is 71.9 cm³/mol. The summed E-state index contributed by atoms with van der Waals surface area (Å²) >= 11 is 6.54. The van der Waals surface area contributed by atoms with Crippen LogP contribution in [0.5, 0.6) is 0 Å². The molecule has 0 unspecified atom stereocenters. The highest BCUT2D eigenvalue weighted by molar-refractivity contribution is 7.80. The maximum atomic E-state index is 5.15. The number of nitrogens with one attached hydrogen (secondary N) is 2. The lowest BCUT2D eigenvalue weighted by atomic mass is 10.3. The molecular formula is C10H12N4S2. The number of nitrogens with zero attached hydrogens (tertiary/aromatic N) is 2. The molecule has 2 N–H and O–H groups in total. The highest BCUT2D eigenvalue weighted by Crippen LogP contribution is 2.19. The molecular weight excluding hydrogens is 240 g/mol. The van der Waals surface area contributed by atoms with Crippen molar-refractivity contribution in [3.63, 3.8) is 0 Å². The van der Waals surface area contributed by atoms with E-state index < -0.39 is 0 Å². The molecule has 0 aliphatic heterocycles. The van der Waals surface area contributed by atoms with Crippen LogP contribution in [0.4, 0.5) is 5.69 Å². The molecule has 2 rings (SSSR count). The average molecular weight is 252 g/mol. The number of anilines is 1. The minimum Gasteiger partial charge on any atom is -0.362 e. The van der Waals surface area contributed by atoms with E-state index in [9.17, 15) is 0 Å². The van der Waals surface area contributed by atoms with Crippen molar-refractivity contribution in [2.24, 2.45) is 0 Å². The summed E-state index contributed by atoms with van der Waals surface area (Å²) < 4.78 is 4.97. The van der Waals surface area contributed by atoms with Crippen molar-refractivity contribution < 1.29 is 0 Å². The van der Waals surface area contributed by atoms with E-state index in [0.29, 0.717) is 5.11 Å². The van der Waals surface area contributed by atoms with Crippen LogP contribution in [-0.4, -0.2) is 21.2 Å². The molecule has 4 nitrogen and oxygen atoms in total. The third-order valence-electron chi connectivity index (χ3n) is 2.04. The molecule has 0 bridgehead atoms. The zero-order valence-electron chi connectivity index (χ0n) is 8.86. The third-order valence-corrected chi connectivity index (χ3v) is 2.99. The van der Waals surface area contributed by atoms with Gasteiger partial charge in [-0.1, -0.05) is 11.4 Å². The highest BCUT2D eigenvalue weighted by Gasteiger charge is 2.01. The minimum absolute atomic E-state index is 0.643. The van der Waals surface area contributed by atoms with Gasteiger partial charge in [0.2, 0.25) is 0 Å². The zero-order valence-corrected chi connectivity index (χ0v) is 10.5. The number of hydrogen-bond acceptors (Lipinski definition) is 4. The number of aromatic nitrogens is 2. The van der Waals surface area contributed by atoms with Crippen molar-refractivity contribution >= 4 is 44.8 Å². The first kappa shape index (κ1) is 11.2. The second-order valence-electron chi connectivity index (χ2n) is 3.34. The fraction of sp³-hybridized carbons (Fsp3) is 0.300. The van der Waals surface area contributed by atoms with Crippen molar-refractivity contribution in [1.82, 2.24) is 14.9 Å². The van der Waals surface area contributed by atoms with Crippen LogP contribution in [-0.2, 0) is 0 Å². The Hall–Kier alpha value is -1.27. The van der Waals surface area contributed by atoms with Gasteiger partial charge in [0.15, 0.2) is 5.11 Å². The van der Waals surface area contributed by atoms with Crippen molar-refractivity contribution in [3.8, 4) is 0 Å². The number of thiocarbonyl (C=S) groups is 1.